The van der Waals surface area contributed by atoms with Gasteiger partial charge in [0.15, 0.2) is 22.9 Å². The number of aromatic nitrogens is 2. The highest BCUT2D eigenvalue weighted by atomic mass is 28.3. The van der Waals surface area contributed by atoms with E-state index >= 15 is 0 Å². The Morgan fingerprint density at radius 2 is 1.70 bits per heavy atom. The molecule has 0 saturated heterocycles. The van der Waals surface area contributed by atoms with Crippen LogP contribution < -0.4 is 29.5 Å². The van der Waals surface area contributed by atoms with Crippen LogP contribution in [-0.4, -0.2) is 45.3 Å². The van der Waals surface area contributed by atoms with Crippen LogP contribution in [0.4, 0.5) is 5.69 Å². The van der Waals surface area contributed by atoms with Crippen molar-refractivity contribution in [2.24, 2.45) is 0 Å². The SMILES string of the molecule is COc1cc2c(cc1Oc1ccc(C(=O)Nc3c(OC)nc(C)nc3OC)o1)[Si](C)(C)C=C2. The number of hydrogen-bond donors (Lipinski definition) is 1. The highest BCUT2D eigenvalue weighted by Gasteiger charge is 2.29. The molecule has 1 N–H and O–H groups in total. The quantitative estimate of drug-likeness (QED) is 0.521. The Balaban J connectivity index is 1.57. The summed E-state index contributed by atoms with van der Waals surface area (Å²) in [6.07, 6.45) is 2.13. The van der Waals surface area contributed by atoms with Crippen LogP contribution in [0.25, 0.3) is 6.08 Å². The molecule has 0 spiro atoms. The molecule has 0 saturated carbocycles. The van der Waals surface area contributed by atoms with Gasteiger partial charge < -0.3 is 28.7 Å². The van der Waals surface area contributed by atoms with Gasteiger partial charge in [-0.1, -0.05) is 24.9 Å². The van der Waals surface area contributed by atoms with Gasteiger partial charge in [-0.15, -0.1) is 0 Å². The van der Waals surface area contributed by atoms with Crippen LogP contribution in [0, 0.1) is 6.92 Å². The lowest BCUT2D eigenvalue weighted by Crippen LogP contribution is -2.37. The van der Waals surface area contributed by atoms with E-state index in [-0.39, 0.29) is 29.2 Å². The van der Waals surface area contributed by atoms with Crippen LogP contribution in [0.3, 0.4) is 0 Å². The number of fused-ring (bicyclic) bond motifs is 1. The van der Waals surface area contributed by atoms with Crippen LogP contribution >= 0.6 is 0 Å². The van der Waals surface area contributed by atoms with Gasteiger partial charge in [-0.2, -0.15) is 9.97 Å². The Kier molecular flexibility index (Phi) is 5.85. The fourth-order valence-corrected chi connectivity index (χ4v) is 5.78. The summed E-state index contributed by atoms with van der Waals surface area (Å²) < 4.78 is 27.6. The number of methoxy groups -OCH3 is 3. The van der Waals surface area contributed by atoms with E-state index < -0.39 is 14.0 Å². The van der Waals surface area contributed by atoms with Crippen LogP contribution in [-0.2, 0) is 0 Å². The maximum absolute atomic E-state index is 12.8. The van der Waals surface area contributed by atoms with E-state index in [1.165, 1.54) is 25.5 Å². The lowest BCUT2D eigenvalue weighted by atomic mass is 10.2. The molecule has 0 fully saturated rings. The number of carbonyl (C=O) groups excluding carboxylic acids is 1. The van der Waals surface area contributed by atoms with Crippen molar-refractivity contribution in [1.29, 1.82) is 0 Å². The van der Waals surface area contributed by atoms with E-state index in [4.69, 9.17) is 23.4 Å². The maximum Gasteiger partial charge on any atom is 0.291 e. The second-order valence-corrected chi connectivity index (χ2v) is 12.3. The summed E-state index contributed by atoms with van der Waals surface area (Å²) in [5, 5.41) is 3.93. The molecule has 4 rings (SSSR count). The zero-order valence-electron chi connectivity index (χ0n) is 19.3. The number of nitrogens with one attached hydrogen (secondary N) is 1. The fraction of sp³-hybridized carbons (Fsp3) is 0.261. The minimum absolute atomic E-state index is 0.0335. The smallest absolute Gasteiger partial charge is 0.291 e. The van der Waals surface area contributed by atoms with E-state index in [2.05, 4.69) is 40.2 Å². The molecule has 2 aromatic heterocycles. The number of anilines is 1. The molecule has 0 radical (unpaired) electrons. The molecule has 0 unspecified atom stereocenters. The highest BCUT2D eigenvalue weighted by molar-refractivity contribution is 6.96. The minimum Gasteiger partial charge on any atom is -0.493 e. The Labute approximate surface area is 192 Å². The average Bonchev–Trinajstić information content (AvgIpc) is 3.38. The summed E-state index contributed by atoms with van der Waals surface area (Å²) >= 11 is 0. The number of furan rings is 1. The van der Waals surface area contributed by atoms with Gasteiger partial charge in [0, 0.05) is 6.07 Å². The van der Waals surface area contributed by atoms with Crippen molar-refractivity contribution in [3.8, 4) is 29.2 Å². The first kappa shape index (κ1) is 22.4. The average molecular weight is 468 g/mol. The van der Waals surface area contributed by atoms with Crippen molar-refractivity contribution in [2.75, 3.05) is 26.6 Å². The fourth-order valence-electron chi connectivity index (χ4n) is 3.60. The third-order valence-corrected chi connectivity index (χ3v) is 8.13. The molecule has 9 nitrogen and oxygen atoms in total. The molecule has 1 amide bonds. The Morgan fingerprint density at radius 1 is 1.00 bits per heavy atom. The molecule has 33 heavy (non-hydrogen) atoms. The molecule has 1 aliphatic rings. The maximum atomic E-state index is 12.8. The molecule has 0 atom stereocenters. The number of nitrogens with zero attached hydrogens (tertiary/aromatic N) is 2. The summed E-state index contributed by atoms with van der Waals surface area (Å²) in [5.74, 6) is 1.57. The second-order valence-electron chi connectivity index (χ2n) is 7.98. The van der Waals surface area contributed by atoms with E-state index in [0.717, 1.165) is 5.56 Å². The Hall–Kier alpha value is -3.79. The number of ether oxygens (including phenoxy) is 4. The van der Waals surface area contributed by atoms with Crippen molar-refractivity contribution in [1.82, 2.24) is 9.97 Å². The summed E-state index contributed by atoms with van der Waals surface area (Å²) in [6.45, 7) is 6.22. The van der Waals surface area contributed by atoms with Crippen molar-refractivity contribution in [2.45, 2.75) is 20.0 Å². The zero-order valence-corrected chi connectivity index (χ0v) is 20.3. The molecular formula is C23H25N3O6Si. The predicted octanol–water partition coefficient (Wildman–Crippen LogP) is 3.93. The number of amides is 1. The monoisotopic (exact) mass is 467 g/mol. The Bertz CT molecular complexity index is 1230. The molecular weight excluding hydrogens is 442 g/mol. The van der Waals surface area contributed by atoms with E-state index in [1.54, 1.807) is 20.1 Å². The summed E-state index contributed by atoms with van der Waals surface area (Å²) in [4.78, 5) is 21.1. The van der Waals surface area contributed by atoms with Crippen molar-refractivity contribution in [3.05, 3.63) is 47.1 Å². The van der Waals surface area contributed by atoms with Crippen LogP contribution in [0.2, 0.25) is 13.1 Å². The summed E-state index contributed by atoms with van der Waals surface area (Å²) in [5.41, 5.74) is 3.61. The third kappa shape index (κ3) is 4.29. The highest BCUT2D eigenvalue weighted by Crippen LogP contribution is 2.36. The summed E-state index contributed by atoms with van der Waals surface area (Å²) in [7, 11) is 2.80. The lowest BCUT2D eigenvalue weighted by Gasteiger charge is -2.18. The van der Waals surface area contributed by atoms with E-state index in [1.807, 2.05) is 12.1 Å². The predicted molar refractivity (Wildman–Crippen MR) is 126 cm³/mol. The molecule has 1 aliphatic heterocycles. The molecule has 0 bridgehead atoms. The van der Waals surface area contributed by atoms with Crippen LogP contribution in [0.5, 0.6) is 29.2 Å². The standard InChI is InChI=1S/C23H25N3O6Si/c1-13-24-22(29-3)20(23(25-13)30-4)26-21(27)15-7-8-19(31-15)32-17-12-18-14(11-16(17)28-2)9-10-33(18,5)6/h7-12H,1-6H3,(H,26,27). The minimum atomic E-state index is -1.67. The summed E-state index contributed by atoms with van der Waals surface area (Å²) in [6, 6.07) is 7.03. The van der Waals surface area contributed by atoms with Gasteiger partial charge in [0.1, 0.15) is 13.9 Å². The normalized spacial score (nSPS) is 13.4. The molecule has 3 aromatic rings. The van der Waals surface area contributed by atoms with Crippen molar-refractivity contribution < 1.29 is 28.2 Å². The largest absolute Gasteiger partial charge is 0.493 e. The van der Waals surface area contributed by atoms with E-state index in [9.17, 15) is 4.79 Å². The third-order valence-electron chi connectivity index (χ3n) is 5.30. The molecule has 10 heteroatoms. The number of rotatable bonds is 7. The van der Waals surface area contributed by atoms with Gasteiger partial charge in [-0.05, 0) is 35.9 Å². The van der Waals surface area contributed by atoms with Gasteiger partial charge >= 0.3 is 0 Å². The lowest BCUT2D eigenvalue weighted by molar-refractivity contribution is 0.0990. The van der Waals surface area contributed by atoms with Gasteiger partial charge in [0.25, 0.3) is 11.9 Å². The Morgan fingerprint density at radius 3 is 2.33 bits per heavy atom. The second kappa shape index (κ2) is 8.62. The van der Waals surface area contributed by atoms with Gasteiger partial charge in [0.05, 0.1) is 21.3 Å². The molecule has 1 aromatic carbocycles. The number of aryl methyl sites for hydroxylation is 1. The number of benzene rings is 1. The van der Waals surface area contributed by atoms with Gasteiger partial charge in [0.2, 0.25) is 11.8 Å². The number of carbonyl (C=O) groups is 1. The number of hydrogen-bond acceptors (Lipinski definition) is 8. The first-order valence-corrected chi connectivity index (χ1v) is 13.3. The topological polar surface area (TPSA) is 105 Å². The van der Waals surface area contributed by atoms with Gasteiger partial charge in [-0.25, -0.2) is 0 Å². The molecule has 3 heterocycles. The van der Waals surface area contributed by atoms with Crippen molar-refractivity contribution in [3.63, 3.8) is 0 Å². The van der Waals surface area contributed by atoms with E-state index in [0.29, 0.717) is 17.3 Å². The van der Waals surface area contributed by atoms with Gasteiger partial charge in [-0.3, -0.25) is 4.79 Å². The first-order valence-electron chi connectivity index (χ1n) is 10.2. The molecule has 0 aliphatic carbocycles. The zero-order chi connectivity index (χ0) is 23.8. The van der Waals surface area contributed by atoms with Crippen LogP contribution in [0.1, 0.15) is 21.9 Å². The first-order chi connectivity index (χ1) is 15.7. The van der Waals surface area contributed by atoms with Crippen molar-refractivity contribution >= 4 is 30.9 Å². The van der Waals surface area contributed by atoms with Crippen LogP contribution in [0.15, 0.2) is 34.4 Å². The molecule has 172 valence electrons.